The van der Waals surface area contributed by atoms with Crippen LogP contribution in [0.4, 0.5) is 0 Å². The van der Waals surface area contributed by atoms with Gasteiger partial charge in [0.2, 0.25) is 0 Å². The van der Waals surface area contributed by atoms with Crippen LogP contribution in [0.1, 0.15) is 30.0 Å². The van der Waals surface area contributed by atoms with Crippen molar-refractivity contribution < 1.29 is 9.53 Å². The van der Waals surface area contributed by atoms with Crippen LogP contribution in [0.15, 0.2) is 18.2 Å². The molecule has 0 aliphatic carbocycles. The molecule has 0 aromatic heterocycles. The van der Waals surface area contributed by atoms with Gasteiger partial charge in [-0.15, -0.1) is 0 Å². The molecule has 0 bridgehead atoms. The maximum atomic E-state index is 11.1. The molecule has 0 radical (unpaired) electrons. The van der Waals surface area contributed by atoms with E-state index in [1.807, 2.05) is 0 Å². The zero-order valence-corrected chi connectivity index (χ0v) is 11.8. The number of aryl methyl sites for hydroxylation is 2. The van der Waals surface area contributed by atoms with E-state index in [1.54, 1.807) is 11.8 Å². The van der Waals surface area contributed by atoms with Gasteiger partial charge < -0.3 is 4.74 Å². The Labute approximate surface area is 108 Å². The van der Waals surface area contributed by atoms with Crippen molar-refractivity contribution in [2.24, 2.45) is 0 Å². The van der Waals surface area contributed by atoms with Crippen molar-refractivity contribution >= 4 is 17.7 Å². The van der Waals surface area contributed by atoms with Gasteiger partial charge in [0.15, 0.2) is 0 Å². The minimum atomic E-state index is -0.134. The van der Waals surface area contributed by atoms with Crippen LogP contribution >= 0.6 is 11.8 Å². The number of carbonyl (C=O) groups excluding carboxylic acids is 1. The van der Waals surface area contributed by atoms with Gasteiger partial charge in [-0.25, -0.2) is 0 Å². The molecule has 2 nitrogen and oxygen atoms in total. The first-order valence-electron chi connectivity index (χ1n) is 5.77. The molecule has 0 saturated carbocycles. The maximum Gasteiger partial charge on any atom is 0.306 e. The second-order valence-electron chi connectivity index (χ2n) is 4.32. The fourth-order valence-electron chi connectivity index (χ4n) is 1.51. The van der Waals surface area contributed by atoms with Crippen molar-refractivity contribution in [3.05, 3.63) is 34.9 Å². The molecule has 0 saturated heterocycles. The third kappa shape index (κ3) is 4.82. The molecular weight excluding hydrogens is 232 g/mol. The molecule has 1 atom stereocenters. The lowest BCUT2D eigenvalue weighted by Crippen LogP contribution is -2.08. The third-order valence-corrected chi connectivity index (χ3v) is 4.02. The fraction of sp³-hybridized carbons (Fsp3) is 0.500. The highest BCUT2D eigenvalue weighted by atomic mass is 32.2. The van der Waals surface area contributed by atoms with Crippen LogP contribution in [0.25, 0.3) is 0 Å². The van der Waals surface area contributed by atoms with Gasteiger partial charge in [0, 0.05) is 11.0 Å². The van der Waals surface area contributed by atoms with Gasteiger partial charge in [0.25, 0.3) is 0 Å². The number of ether oxygens (including phenoxy) is 1. The summed E-state index contributed by atoms with van der Waals surface area (Å²) in [6.45, 7) is 6.30. The smallest absolute Gasteiger partial charge is 0.306 e. The minimum absolute atomic E-state index is 0.134. The fourth-order valence-corrected chi connectivity index (χ4v) is 2.42. The normalized spacial score (nSPS) is 12.2. The number of carbonyl (C=O) groups is 1. The Morgan fingerprint density at radius 3 is 2.65 bits per heavy atom. The van der Waals surface area contributed by atoms with Crippen LogP contribution in [0.2, 0.25) is 0 Å². The SMILES string of the molecule is COC(=O)CC(C)SCc1ccc(C)c(C)c1. The number of hydrogen-bond donors (Lipinski definition) is 0. The third-order valence-electron chi connectivity index (χ3n) is 2.79. The standard InChI is InChI=1S/C14H20O2S/c1-10-5-6-13(7-11(10)2)9-17-12(3)8-14(15)16-4/h5-7,12H,8-9H2,1-4H3. The monoisotopic (exact) mass is 252 g/mol. The molecule has 0 aliphatic heterocycles. The van der Waals surface area contributed by atoms with Crippen molar-refractivity contribution in [3.63, 3.8) is 0 Å². The van der Waals surface area contributed by atoms with E-state index in [2.05, 4.69) is 43.7 Å². The van der Waals surface area contributed by atoms with Crippen LogP contribution in [0, 0.1) is 13.8 Å². The van der Waals surface area contributed by atoms with E-state index in [-0.39, 0.29) is 5.97 Å². The predicted octanol–water partition coefficient (Wildman–Crippen LogP) is 3.49. The molecule has 0 N–H and O–H groups in total. The lowest BCUT2D eigenvalue weighted by atomic mass is 10.1. The lowest BCUT2D eigenvalue weighted by molar-refractivity contribution is -0.140. The first kappa shape index (κ1) is 14.1. The van der Waals surface area contributed by atoms with E-state index in [1.165, 1.54) is 23.8 Å². The molecule has 94 valence electrons. The summed E-state index contributed by atoms with van der Waals surface area (Å²) in [6, 6.07) is 6.52. The molecule has 1 rings (SSSR count). The summed E-state index contributed by atoms with van der Waals surface area (Å²) in [6.07, 6.45) is 0.478. The Hall–Kier alpha value is -0.960. The molecule has 1 aromatic rings. The van der Waals surface area contributed by atoms with Crippen LogP contribution < -0.4 is 0 Å². The van der Waals surface area contributed by atoms with Gasteiger partial charge in [-0.3, -0.25) is 4.79 Å². The van der Waals surface area contributed by atoms with Crippen LogP contribution in [0.5, 0.6) is 0 Å². The number of esters is 1. The quantitative estimate of drug-likeness (QED) is 0.750. The summed E-state index contributed by atoms with van der Waals surface area (Å²) < 4.78 is 4.66. The van der Waals surface area contributed by atoms with E-state index in [0.717, 1.165) is 5.75 Å². The van der Waals surface area contributed by atoms with E-state index in [9.17, 15) is 4.79 Å². The van der Waals surface area contributed by atoms with Crippen molar-refractivity contribution in [2.45, 2.75) is 38.2 Å². The number of hydrogen-bond acceptors (Lipinski definition) is 3. The minimum Gasteiger partial charge on any atom is -0.469 e. The van der Waals surface area contributed by atoms with E-state index < -0.39 is 0 Å². The van der Waals surface area contributed by atoms with E-state index in [0.29, 0.717) is 11.7 Å². The summed E-state index contributed by atoms with van der Waals surface area (Å²) >= 11 is 1.79. The van der Waals surface area contributed by atoms with Gasteiger partial charge in [0.1, 0.15) is 0 Å². The first-order chi connectivity index (χ1) is 8.02. The molecule has 0 heterocycles. The summed E-state index contributed by atoms with van der Waals surface area (Å²) in [7, 11) is 1.43. The van der Waals surface area contributed by atoms with Crippen molar-refractivity contribution in [3.8, 4) is 0 Å². The molecule has 3 heteroatoms. The summed E-state index contributed by atoms with van der Waals surface area (Å²) in [5.41, 5.74) is 3.96. The molecule has 17 heavy (non-hydrogen) atoms. The average Bonchev–Trinajstić information content (AvgIpc) is 2.30. The number of thioether (sulfide) groups is 1. The summed E-state index contributed by atoms with van der Waals surface area (Å²) in [5.74, 6) is 0.810. The van der Waals surface area contributed by atoms with Crippen LogP contribution in [-0.2, 0) is 15.3 Å². The van der Waals surface area contributed by atoms with Crippen molar-refractivity contribution in [1.82, 2.24) is 0 Å². The van der Waals surface area contributed by atoms with E-state index >= 15 is 0 Å². The number of methoxy groups -OCH3 is 1. The Kier molecular flexibility index (Phi) is 5.56. The molecule has 0 spiro atoms. The summed E-state index contributed by atoms with van der Waals surface area (Å²) in [5, 5.41) is 0.295. The van der Waals surface area contributed by atoms with Crippen molar-refractivity contribution in [2.75, 3.05) is 7.11 Å². The first-order valence-corrected chi connectivity index (χ1v) is 6.82. The Bertz CT molecular complexity index is 388. The zero-order valence-electron chi connectivity index (χ0n) is 10.9. The molecular formula is C14H20O2S. The van der Waals surface area contributed by atoms with Gasteiger partial charge in [-0.05, 0) is 30.5 Å². The van der Waals surface area contributed by atoms with Gasteiger partial charge in [-0.2, -0.15) is 11.8 Å². The molecule has 0 fully saturated rings. The van der Waals surface area contributed by atoms with Gasteiger partial charge in [0.05, 0.1) is 13.5 Å². The largest absolute Gasteiger partial charge is 0.469 e. The van der Waals surface area contributed by atoms with Crippen LogP contribution in [-0.4, -0.2) is 18.3 Å². The van der Waals surface area contributed by atoms with Crippen molar-refractivity contribution in [1.29, 1.82) is 0 Å². The highest BCUT2D eigenvalue weighted by Gasteiger charge is 2.09. The Morgan fingerprint density at radius 2 is 2.06 bits per heavy atom. The maximum absolute atomic E-state index is 11.1. The molecule has 0 amide bonds. The van der Waals surface area contributed by atoms with Gasteiger partial charge in [-0.1, -0.05) is 25.1 Å². The van der Waals surface area contributed by atoms with Crippen LogP contribution in [0.3, 0.4) is 0 Å². The van der Waals surface area contributed by atoms with E-state index in [4.69, 9.17) is 0 Å². The zero-order chi connectivity index (χ0) is 12.8. The Balaban J connectivity index is 2.44. The predicted molar refractivity (Wildman–Crippen MR) is 73.3 cm³/mol. The van der Waals surface area contributed by atoms with Gasteiger partial charge >= 0.3 is 5.97 Å². The Morgan fingerprint density at radius 1 is 1.35 bits per heavy atom. The molecule has 1 unspecified atom stereocenters. The number of rotatable bonds is 5. The molecule has 1 aromatic carbocycles. The highest BCUT2D eigenvalue weighted by molar-refractivity contribution is 7.99. The second-order valence-corrected chi connectivity index (χ2v) is 5.75. The lowest BCUT2D eigenvalue weighted by Gasteiger charge is -2.10. The molecule has 0 aliphatic rings. The second kappa shape index (κ2) is 6.70. The number of benzene rings is 1. The average molecular weight is 252 g/mol. The highest BCUT2D eigenvalue weighted by Crippen LogP contribution is 2.21. The topological polar surface area (TPSA) is 26.3 Å². The summed E-state index contributed by atoms with van der Waals surface area (Å²) in [4.78, 5) is 11.1.